The lowest BCUT2D eigenvalue weighted by molar-refractivity contribution is -0.124. The normalized spacial score (nSPS) is 12.8. The first-order valence-corrected chi connectivity index (χ1v) is 11.7. The molecular formula is C22H24N2O3S2. The maximum absolute atomic E-state index is 13.2. The zero-order valence-electron chi connectivity index (χ0n) is 16.3. The Labute approximate surface area is 175 Å². The van der Waals surface area contributed by atoms with Crippen LogP contribution in [-0.4, -0.2) is 20.4 Å². The van der Waals surface area contributed by atoms with Gasteiger partial charge in [0.2, 0.25) is 5.91 Å². The lowest BCUT2D eigenvalue weighted by atomic mass is 9.97. The molecule has 0 bridgehead atoms. The Bertz CT molecular complexity index is 979. The van der Waals surface area contributed by atoms with Gasteiger partial charge in [0.25, 0.3) is 10.0 Å². The van der Waals surface area contributed by atoms with E-state index in [1.165, 1.54) is 6.07 Å². The minimum atomic E-state index is -3.76. The first-order chi connectivity index (χ1) is 13.9. The molecule has 1 atom stereocenters. The average Bonchev–Trinajstić information content (AvgIpc) is 3.27. The first kappa shape index (κ1) is 21.2. The fourth-order valence-electron chi connectivity index (χ4n) is 3.02. The van der Waals surface area contributed by atoms with Gasteiger partial charge in [-0.15, -0.1) is 11.3 Å². The lowest BCUT2D eigenvalue weighted by Gasteiger charge is -2.26. The fourth-order valence-corrected chi connectivity index (χ4v) is 5.37. The summed E-state index contributed by atoms with van der Waals surface area (Å²) in [6, 6.07) is 21.2. The number of carbonyl (C=O) groups excluding carboxylic acids is 1. The summed E-state index contributed by atoms with van der Waals surface area (Å²) in [5, 5.41) is 4.73. The van der Waals surface area contributed by atoms with E-state index in [4.69, 9.17) is 0 Å². The molecule has 1 aromatic heterocycles. The third kappa shape index (κ3) is 5.32. The SMILES string of the molecule is CC(C)C(NS(=O)(=O)c1cccs1)C(=O)NC(c1ccccc1)c1ccccc1. The van der Waals surface area contributed by atoms with Gasteiger partial charge >= 0.3 is 0 Å². The predicted molar refractivity (Wildman–Crippen MR) is 116 cm³/mol. The smallest absolute Gasteiger partial charge is 0.250 e. The maximum Gasteiger partial charge on any atom is 0.250 e. The molecule has 29 heavy (non-hydrogen) atoms. The molecule has 1 heterocycles. The molecule has 0 saturated heterocycles. The van der Waals surface area contributed by atoms with Gasteiger partial charge in [0.15, 0.2) is 0 Å². The van der Waals surface area contributed by atoms with Crippen molar-refractivity contribution >= 4 is 27.3 Å². The van der Waals surface area contributed by atoms with Crippen LogP contribution in [0.2, 0.25) is 0 Å². The number of nitrogens with one attached hydrogen (secondary N) is 2. The van der Waals surface area contributed by atoms with Gasteiger partial charge in [-0.3, -0.25) is 4.79 Å². The van der Waals surface area contributed by atoms with Gasteiger partial charge in [-0.25, -0.2) is 8.42 Å². The second-order valence-corrected chi connectivity index (χ2v) is 9.93. The highest BCUT2D eigenvalue weighted by Gasteiger charge is 2.30. The van der Waals surface area contributed by atoms with E-state index >= 15 is 0 Å². The summed E-state index contributed by atoms with van der Waals surface area (Å²) in [6.45, 7) is 3.64. The van der Waals surface area contributed by atoms with Crippen LogP contribution in [0.25, 0.3) is 0 Å². The zero-order valence-corrected chi connectivity index (χ0v) is 17.9. The van der Waals surface area contributed by atoms with Crippen LogP contribution in [0.4, 0.5) is 0 Å². The molecule has 0 saturated carbocycles. The molecule has 152 valence electrons. The minimum absolute atomic E-state index is 0.193. The van der Waals surface area contributed by atoms with E-state index in [0.29, 0.717) is 0 Å². The Morgan fingerprint density at radius 2 is 1.41 bits per heavy atom. The van der Waals surface area contributed by atoms with Crippen molar-refractivity contribution in [3.63, 3.8) is 0 Å². The molecule has 5 nitrogen and oxygen atoms in total. The van der Waals surface area contributed by atoms with E-state index in [9.17, 15) is 13.2 Å². The van der Waals surface area contributed by atoms with Crippen LogP contribution >= 0.6 is 11.3 Å². The van der Waals surface area contributed by atoms with Crippen molar-refractivity contribution < 1.29 is 13.2 Å². The Kier molecular flexibility index (Phi) is 6.84. The standard InChI is InChI=1S/C22H24N2O3S2/c1-16(2)20(24-29(26,27)19-14-9-15-28-19)22(25)23-21(17-10-5-3-6-11-17)18-12-7-4-8-13-18/h3-16,20-21,24H,1-2H3,(H,23,25). The van der Waals surface area contributed by atoms with Crippen LogP contribution in [0.5, 0.6) is 0 Å². The molecular weight excluding hydrogens is 404 g/mol. The van der Waals surface area contributed by atoms with E-state index in [1.807, 2.05) is 74.5 Å². The summed E-state index contributed by atoms with van der Waals surface area (Å²) in [4.78, 5) is 13.2. The number of carbonyl (C=O) groups is 1. The van der Waals surface area contributed by atoms with Crippen molar-refractivity contribution in [2.24, 2.45) is 5.92 Å². The molecule has 3 rings (SSSR count). The van der Waals surface area contributed by atoms with E-state index in [2.05, 4.69) is 10.0 Å². The van der Waals surface area contributed by atoms with E-state index in [-0.39, 0.29) is 22.1 Å². The second kappa shape index (κ2) is 9.35. The molecule has 0 aliphatic heterocycles. The van der Waals surface area contributed by atoms with Crippen molar-refractivity contribution in [2.45, 2.75) is 30.1 Å². The number of hydrogen-bond acceptors (Lipinski definition) is 4. The van der Waals surface area contributed by atoms with Crippen molar-refractivity contribution in [3.05, 3.63) is 89.3 Å². The second-order valence-electron chi connectivity index (χ2n) is 7.04. The van der Waals surface area contributed by atoms with Crippen LogP contribution in [0.15, 0.2) is 82.4 Å². The van der Waals surface area contributed by atoms with Gasteiger partial charge in [-0.05, 0) is 28.5 Å². The lowest BCUT2D eigenvalue weighted by Crippen LogP contribution is -2.50. The maximum atomic E-state index is 13.2. The quantitative estimate of drug-likeness (QED) is 0.570. The monoisotopic (exact) mass is 428 g/mol. The highest BCUT2D eigenvalue weighted by molar-refractivity contribution is 7.91. The van der Waals surface area contributed by atoms with Crippen molar-refractivity contribution in [1.82, 2.24) is 10.0 Å². The van der Waals surface area contributed by atoms with E-state index in [1.54, 1.807) is 11.4 Å². The van der Waals surface area contributed by atoms with Gasteiger partial charge in [-0.1, -0.05) is 80.6 Å². The van der Waals surface area contributed by atoms with Crippen molar-refractivity contribution in [3.8, 4) is 0 Å². The molecule has 2 aromatic carbocycles. The van der Waals surface area contributed by atoms with Gasteiger partial charge in [0.1, 0.15) is 10.3 Å². The first-order valence-electron chi connectivity index (χ1n) is 9.34. The summed E-state index contributed by atoms with van der Waals surface area (Å²) >= 11 is 1.12. The molecule has 7 heteroatoms. The van der Waals surface area contributed by atoms with Crippen LogP contribution in [0.3, 0.4) is 0 Å². The highest BCUT2D eigenvalue weighted by atomic mass is 32.2. The predicted octanol–water partition coefficient (Wildman–Crippen LogP) is 3.96. The van der Waals surface area contributed by atoms with E-state index < -0.39 is 16.1 Å². The van der Waals surface area contributed by atoms with Crippen LogP contribution in [-0.2, 0) is 14.8 Å². The molecule has 1 unspecified atom stereocenters. The average molecular weight is 429 g/mol. The fraction of sp³-hybridized carbons (Fsp3) is 0.227. The van der Waals surface area contributed by atoms with Gasteiger partial charge in [-0.2, -0.15) is 4.72 Å². The molecule has 0 fully saturated rings. The van der Waals surface area contributed by atoms with Crippen molar-refractivity contribution in [2.75, 3.05) is 0 Å². The Morgan fingerprint density at radius 1 is 0.862 bits per heavy atom. The molecule has 0 aliphatic rings. The van der Waals surface area contributed by atoms with E-state index in [0.717, 1.165) is 22.5 Å². The Balaban J connectivity index is 1.87. The molecule has 1 amide bonds. The Morgan fingerprint density at radius 3 is 1.86 bits per heavy atom. The summed E-state index contributed by atoms with van der Waals surface area (Å²) in [6.07, 6.45) is 0. The Hall–Kier alpha value is -2.48. The molecule has 2 N–H and O–H groups in total. The summed E-state index contributed by atoms with van der Waals surface area (Å²) in [7, 11) is -3.76. The third-order valence-electron chi connectivity index (χ3n) is 4.54. The summed E-state index contributed by atoms with van der Waals surface area (Å²) < 4.78 is 28.1. The molecule has 0 aliphatic carbocycles. The summed E-state index contributed by atoms with van der Waals surface area (Å²) in [5.74, 6) is -0.588. The molecule has 0 radical (unpaired) electrons. The van der Waals surface area contributed by atoms with Crippen LogP contribution in [0.1, 0.15) is 31.0 Å². The third-order valence-corrected chi connectivity index (χ3v) is 7.38. The number of hydrogen-bond donors (Lipinski definition) is 2. The number of sulfonamides is 1. The van der Waals surface area contributed by atoms with Gasteiger partial charge in [0, 0.05) is 0 Å². The number of amides is 1. The van der Waals surface area contributed by atoms with Crippen molar-refractivity contribution in [1.29, 1.82) is 0 Å². The minimum Gasteiger partial charge on any atom is -0.344 e. The number of rotatable bonds is 8. The molecule has 3 aromatic rings. The number of benzene rings is 2. The molecule has 0 spiro atoms. The van der Waals surface area contributed by atoms with Crippen LogP contribution < -0.4 is 10.0 Å². The summed E-state index contributed by atoms with van der Waals surface area (Å²) in [5.41, 5.74) is 1.85. The van der Waals surface area contributed by atoms with Crippen LogP contribution in [0, 0.1) is 5.92 Å². The zero-order chi connectivity index (χ0) is 20.9. The van der Waals surface area contributed by atoms with Gasteiger partial charge < -0.3 is 5.32 Å². The largest absolute Gasteiger partial charge is 0.344 e. The topological polar surface area (TPSA) is 75.3 Å². The number of thiophene rings is 1. The van der Waals surface area contributed by atoms with Gasteiger partial charge in [0.05, 0.1) is 6.04 Å². The highest BCUT2D eigenvalue weighted by Crippen LogP contribution is 2.23.